The molecule has 4 heteroatoms. The minimum atomic E-state index is -0.244. The number of benzene rings is 2. The number of amides is 1. The average Bonchev–Trinajstić information content (AvgIpc) is 2.55. The Hall–Kier alpha value is -2.17. The van der Waals surface area contributed by atoms with Crippen LogP contribution in [0.3, 0.4) is 0 Å². The second-order valence-corrected chi connectivity index (χ2v) is 5.21. The van der Waals surface area contributed by atoms with Gasteiger partial charge < -0.3 is 15.7 Å². The molecule has 2 aromatic rings. The summed E-state index contributed by atoms with van der Waals surface area (Å²) >= 11 is 0. The predicted molar refractivity (Wildman–Crippen MR) is 81.8 cm³/mol. The van der Waals surface area contributed by atoms with E-state index in [1.807, 2.05) is 24.3 Å². The van der Waals surface area contributed by atoms with Crippen LogP contribution in [0.2, 0.25) is 0 Å². The van der Waals surface area contributed by atoms with Crippen LogP contribution in [0.15, 0.2) is 48.5 Å². The fraction of sp³-hybridized carbons (Fsp3) is 0.235. The third-order valence-corrected chi connectivity index (χ3v) is 3.84. The van der Waals surface area contributed by atoms with Gasteiger partial charge in [0.05, 0.1) is 12.6 Å². The van der Waals surface area contributed by atoms with Crippen molar-refractivity contribution in [1.29, 1.82) is 0 Å². The van der Waals surface area contributed by atoms with E-state index in [-0.39, 0.29) is 18.6 Å². The molecule has 3 rings (SSSR count). The Labute approximate surface area is 123 Å². The standard InChI is InChI=1S/C17H18N2O2/c20-11-14-7-3-4-8-15(14)19-17(21)16-9-12-5-1-2-6-13(12)10-18-16/h1-8,16,18,20H,9-11H2,(H,19,21). The molecule has 0 fully saturated rings. The molecule has 3 N–H and O–H groups in total. The quantitative estimate of drug-likeness (QED) is 0.805. The van der Waals surface area contributed by atoms with Crippen LogP contribution in [0, 0.1) is 0 Å². The maximum absolute atomic E-state index is 12.4. The van der Waals surface area contributed by atoms with Crippen LogP contribution in [0.5, 0.6) is 0 Å². The number of hydrogen-bond acceptors (Lipinski definition) is 3. The first-order valence-electron chi connectivity index (χ1n) is 7.07. The molecule has 1 heterocycles. The zero-order chi connectivity index (χ0) is 14.7. The molecule has 1 amide bonds. The van der Waals surface area contributed by atoms with Gasteiger partial charge in [-0.3, -0.25) is 4.79 Å². The summed E-state index contributed by atoms with van der Waals surface area (Å²) in [5.74, 6) is -0.0644. The van der Waals surface area contributed by atoms with Crippen molar-refractivity contribution < 1.29 is 9.90 Å². The maximum atomic E-state index is 12.4. The number of carbonyl (C=O) groups is 1. The van der Waals surface area contributed by atoms with Crippen molar-refractivity contribution in [3.63, 3.8) is 0 Å². The first-order chi connectivity index (χ1) is 10.3. The first-order valence-corrected chi connectivity index (χ1v) is 7.07. The lowest BCUT2D eigenvalue weighted by Crippen LogP contribution is -2.44. The van der Waals surface area contributed by atoms with E-state index in [0.717, 1.165) is 5.56 Å². The lowest BCUT2D eigenvalue weighted by atomic mass is 9.95. The molecular formula is C17H18N2O2. The van der Waals surface area contributed by atoms with Crippen LogP contribution in [0.4, 0.5) is 5.69 Å². The van der Waals surface area contributed by atoms with Crippen molar-refractivity contribution in [2.75, 3.05) is 5.32 Å². The molecular weight excluding hydrogens is 264 g/mol. The van der Waals surface area contributed by atoms with Crippen molar-refractivity contribution in [2.45, 2.75) is 25.6 Å². The molecule has 0 aromatic heterocycles. The molecule has 0 spiro atoms. The van der Waals surface area contributed by atoms with Gasteiger partial charge in [-0.2, -0.15) is 0 Å². The van der Waals surface area contributed by atoms with E-state index < -0.39 is 0 Å². The van der Waals surface area contributed by atoms with Gasteiger partial charge in [0.2, 0.25) is 5.91 Å². The lowest BCUT2D eigenvalue weighted by molar-refractivity contribution is -0.118. The summed E-state index contributed by atoms with van der Waals surface area (Å²) in [5, 5.41) is 15.5. The maximum Gasteiger partial charge on any atom is 0.241 e. The molecule has 1 aliphatic rings. The number of carbonyl (C=O) groups excluding carboxylic acids is 1. The number of aliphatic hydroxyl groups is 1. The Morgan fingerprint density at radius 1 is 1.14 bits per heavy atom. The van der Waals surface area contributed by atoms with E-state index in [4.69, 9.17) is 0 Å². The van der Waals surface area contributed by atoms with Gasteiger partial charge in [0.25, 0.3) is 0 Å². The van der Waals surface area contributed by atoms with Gasteiger partial charge in [-0.05, 0) is 23.6 Å². The second-order valence-electron chi connectivity index (χ2n) is 5.21. The largest absolute Gasteiger partial charge is 0.392 e. The van der Waals surface area contributed by atoms with E-state index in [9.17, 15) is 9.90 Å². The molecule has 0 saturated carbocycles. The van der Waals surface area contributed by atoms with Crippen molar-refractivity contribution in [1.82, 2.24) is 5.32 Å². The number of anilines is 1. The van der Waals surface area contributed by atoms with Crippen LogP contribution < -0.4 is 10.6 Å². The molecule has 0 radical (unpaired) electrons. The molecule has 4 nitrogen and oxygen atoms in total. The fourth-order valence-corrected chi connectivity index (χ4v) is 2.64. The van der Waals surface area contributed by atoms with Gasteiger partial charge in [0, 0.05) is 17.8 Å². The molecule has 1 atom stereocenters. The third kappa shape index (κ3) is 2.96. The topological polar surface area (TPSA) is 61.4 Å². The molecule has 1 aliphatic heterocycles. The summed E-state index contributed by atoms with van der Waals surface area (Å²) in [6.07, 6.45) is 0.684. The van der Waals surface area contributed by atoms with Crippen LogP contribution in [-0.2, 0) is 24.4 Å². The monoisotopic (exact) mass is 282 g/mol. The molecule has 1 unspecified atom stereocenters. The van der Waals surface area contributed by atoms with Gasteiger partial charge in [0.1, 0.15) is 0 Å². The van der Waals surface area contributed by atoms with Gasteiger partial charge in [-0.15, -0.1) is 0 Å². The number of rotatable bonds is 3. The fourth-order valence-electron chi connectivity index (χ4n) is 2.64. The second kappa shape index (κ2) is 6.08. The molecule has 21 heavy (non-hydrogen) atoms. The van der Waals surface area contributed by atoms with Crippen molar-refractivity contribution >= 4 is 11.6 Å². The highest BCUT2D eigenvalue weighted by Gasteiger charge is 2.24. The van der Waals surface area contributed by atoms with Gasteiger partial charge in [0.15, 0.2) is 0 Å². The van der Waals surface area contributed by atoms with E-state index in [0.29, 0.717) is 18.7 Å². The van der Waals surface area contributed by atoms with Crippen LogP contribution in [-0.4, -0.2) is 17.1 Å². The number of hydrogen-bond donors (Lipinski definition) is 3. The summed E-state index contributed by atoms with van der Waals surface area (Å²) in [7, 11) is 0. The van der Waals surface area contributed by atoms with E-state index >= 15 is 0 Å². The van der Waals surface area contributed by atoms with Gasteiger partial charge in [-0.25, -0.2) is 0 Å². The molecule has 0 saturated heterocycles. The number of fused-ring (bicyclic) bond motifs is 1. The highest BCUT2D eigenvalue weighted by molar-refractivity contribution is 5.95. The van der Waals surface area contributed by atoms with Crippen LogP contribution in [0.1, 0.15) is 16.7 Å². The zero-order valence-electron chi connectivity index (χ0n) is 11.7. The predicted octanol–water partition coefficient (Wildman–Crippen LogP) is 1.83. The third-order valence-electron chi connectivity index (χ3n) is 3.84. The van der Waals surface area contributed by atoms with E-state index in [2.05, 4.69) is 22.8 Å². The molecule has 0 bridgehead atoms. The van der Waals surface area contributed by atoms with Crippen LogP contribution >= 0.6 is 0 Å². The summed E-state index contributed by atoms with van der Waals surface area (Å²) in [5.41, 5.74) is 3.86. The van der Waals surface area contributed by atoms with Crippen LogP contribution in [0.25, 0.3) is 0 Å². The van der Waals surface area contributed by atoms with E-state index in [1.165, 1.54) is 11.1 Å². The zero-order valence-corrected chi connectivity index (χ0v) is 11.7. The highest BCUT2D eigenvalue weighted by Crippen LogP contribution is 2.19. The Kier molecular flexibility index (Phi) is 3.99. The van der Waals surface area contributed by atoms with Gasteiger partial charge in [-0.1, -0.05) is 42.5 Å². The number of aliphatic hydroxyl groups excluding tert-OH is 1. The Bertz CT molecular complexity index is 655. The van der Waals surface area contributed by atoms with Crippen molar-refractivity contribution in [2.24, 2.45) is 0 Å². The smallest absolute Gasteiger partial charge is 0.241 e. The molecule has 0 aliphatic carbocycles. The SMILES string of the molecule is O=C(Nc1ccccc1CO)C1Cc2ccccc2CN1. The van der Waals surface area contributed by atoms with Gasteiger partial charge >= 0.3 is 0 Å². The lowest BCUT2D eigenvalue weighted by Gasteiger charge is -2.25. The normalized spacial score (nSPS) is 17.1. The molecule has 108 valence electrons. The number of nitrogens with one attached hydrogen (secondary N) is 2. The molecule has 2 aromatic carbocycles. The Morgan fingerprint density at radius 2 is 1.86 bits per heavy atom. The summed E-state index contributed by atoms with van der Waals surface area (Å²) in [6.45, 7) is 0.618. The summed E-state index contributed by atoms with van der Waals surface area (Å²) in [4.78, 5) is 12.4. The van der Waals surface area contributed by atoms with E-state index in [1.54, 1.807) is 12.1 Å². The highest BCUT2D eigenvalue weighted by atomic mass is 16.3. The average molecular weight is 282 g/mol. The summed E-state index contributed by atoms with van der Waals surface area (Å²) in [6, 6.07) is 15.2. The Morgan fingerprint density at radius 3 is 2.67 bits per heavy atom. The first kappa shape index (κ1) is 13.8. The number of para-hydroxylation sites is 1. The van der Waals surface area contributed by atoms with Crippen molar-refractivity contribution in [3.05, 3.63) is 65.2 Å². The Balaban J connectivity index is 1.72. The van der Waals surface area contributed by atoms with Crippen molar-refractivity contribution in [3.8, 4) is 0 Å². The minimum absolute atomic E-state index is 0.0644. The minimum Gasteiger partial charge on any atom is -0.392 e. The summed E-state index contributed by atoms with van der Waals surface area (Å²) < 4.78 is 0.